The van der Waals surface area contributed by atoms with Crippen LogP contribution in [0.2, 0.25) is 0 Å². The summed E-state index contributed by atoms with van der Waals surface area (Å²) in [5.41, 5.74) is -0.00569. The molecule has 0 radical (unpaired) electrons. The lowest BCUT2D eigenvalue weighted by molar-refractivity contribution is -0.118. The molecule has 1 saturated heterocycles. The van der Waals surface area contributed by atoms with Crippen LogP contribution in [0.25, 0.3) is 0 Å². The second-order valence-corrected chi connectivity index (χ2v) is 6.07. The number of likely N-dealkylation sites (tertiary alicyclic amines) is 1. The Morgan fingerprint density at radius 3 is 2.47 bits per heavy atom. The van der Waals surface area contributed by atoms with Crippen LogP contribution in [0.1, 0.15) is 64.7 Å². The fourth-order valence-corrected chi connectivity index (χ4v) is 3.72. The Morgan fingerprint density at radius 2 is 1.88 bits per heavy atom. The van der Waals surface area contributed by atoms with Gasteiger partial charge in [-0.1, -0.05) is 32.6 Å². The van der Waals surface area contributed by atoms with E-state index in [-0.39, 0.29) is 5.41 Å². The third kappa shape index (κ3) is 3.09. The third-order valence-electron chi connectivity index (χ3n) is 4.84. The molecule has 17 heavy (non-hydrogen) atoms. The highest BCUT2D eigenvalue weighted by molar-refractivity contribution is 5.59. The van der Waals surface area contributed by atoms with E-state index in [0.717, 1.165) is 25.4 Å². The standard InChI is InChI=1S/C15H27NO/c1-2-14-8-7-11-16(14)12-15(13-17)9-5-3-4-6-10-15/h13-14H,2-12H2,1H3. The topological polar surface area (TPSA) is 20.3 Å². The van der Waals surface area contributed by atoms with Gasteiger partial charge >= 0.3 is 0 Å². The average molecular weight is 237 g/mol. The van der Waals surface area contributed by atoms with Crippen molar-refractivity contribution in [3.8, 4) is 0 Å². The number of rotatable bonds is 4. The quantitative estimate of drug-likeness (QED) is 0.552. The minimum Gasteiger partial charge on any atom is -0.303 e. The molecule has 2 aliphatic rings. The van der Waals surface area contributed by atoms with E-state index in [1.165, 1.54) is 57.8 Å². The maximum absolute atomic E-state index is 11.6. The molecule has 0 bridgehead atoms. The highest BCUT2D eigenvalue weighted by atomic mass is 16.1. The fraction of sp³-hybridized carbons (Fsp3) is 0.933. The third-order valence-corrected chi connectivity index (χ3v) is 4.84. The molecule has 0 spiro atoms. The van der Waals surface area contributed by atoms with Crippen LogP contribution in [0, 0.1) is 5.41 Å². The molecule has 1 aliphatic carbocycles. The van der Waals surface area contributed by atoms with Crippen LogP contribution in [-0.4, -0.2) is 30.3 Å². The summed E-state index contributed by atoms with van der Waals surface area (Å²) in [4.78, 5) is 14.2. The number of hydrogen-bond donors (Lipinski definition) is 0. The zero-order valence-electron chi connectivity index (χ0n) is 11.3. The predicted molar refractivity (Wildman–Crippen MR) is 71.1 cm³/mol. The normalized spacial score (nSPS) is 30.1. The van der Waals surface area contributed by atoms with Gasteiger partial charge in [0.15, 0.2) is 0 Å². The number of carbonyl (C=O) groups is 1. The van der Waals surface area contributed by atoms with Crippen LogP contribution < -0.4 is 0 Å². The van der Waals surface area contributed by atoms with Crippen molar-refractivity contribution < 1.29 is 4.79 Å². The van der Waals surface area contributed by atoms with Crippen LogP contribution in [0.3, 0.4) is 0 Å². The molecule has 98 valence electrons. The summed E-state index contributed by atoms with van der Waals surface area (Å²) in [5.74, 6) is 0. The monoisotopic (exact) mass is 237 g/mol. The Hall–Kier alpha value is -0.370. The Balaban J connectivity index is 1.99. The van der Waals surface area contributed by atoms with Gasteiger partial charge in [0.1, 0.15) is 6.29 Å². The second-order valence-electron chi connectivity index (χ2n) is 6.07. The number of aldehydes is 1. The lowest BCUT2D eigenvalue weighted by atomic mass is 9.81. The first-order valence-electron chi connectivity index (χ1n) is 7.50. The van der Waals surface area contributed by atoms with E-state index in [9.17, 15) is 4.79 Å². The summed E-state index contributed by atoms with van der Waals surface area (Å²) in [7, 11) is 0. The van der Waals surface area contributed by atoms with Gasteiger partial charge in [0, 0.05) is 18.0 Å². The van der Waals surface area contributed by atoms with Crippen molar-refractivity contribution in [1.82, 2.24) is 4.90 Å². The molecule has 2 nitrogen and oxygen atoms in total. The number of nitrogens with zero attached hydrogens (tertiary/aromatic N) is 1. The van der Waals surface area contributed by atoms with Crippen molar-refractivity contribution >= 4 is 6.29 Å². The average Bonchev–Trinajstić information content (AvgIpc) is 2.66. The van der Waals surface area contributed by atoms with Crippen LogP contribution in [0.15, 0.2) is 0 Å². The SMILES string of the molecule is CCC1CCCN1CC1(C=O)CCCCCC1. The Morgan fingerprint density at radius 1 is 1.18 bits per heavy atom. The van der Waals surface area contributed by atoms with Crippen molar-refractivity contribution in [1.29, 1.82) is 0 Å². The smallest absolute Gasteiger partial charge is 0.127 e. The van der Waals surface area contributed by atoms with E-state index in [1.807, 2.05) is 0 Å². The maximum atomic E-state index is 11.6. The van der Waals surface area contributed by atoms with Gasteiger partial charge in [0.25, 0.3) is 0 Å². The second kappa shape index (κ2) is 5.99. The van der Waals surface area contributed by atoms with E-state index >= 15 is 0 Å². The van der Waals surface area contributed by atoms with Crippen LogP contribution in [-0.2, 0) is 4.79 Å². The van der Waals surface area contributed by atoms with Crippen molar-refractivity contribution in [2.45, 2.75) is 70.8 Å². The lowest BCUT2D eigenvalue weighted by Crippen LogP contribution is -2.41. The molecule has 2 fully saturated rings. The number of hydrogen-bond acceptors (Lipinski definition) is 2. The zero-order chi connectivity index (χ0) is 12.1. The lowest BCUT2D eigenvalue weighted by Gasteiger charge is -2.34. The first-order chi connectivity index (χ1) is 8.29. The predicted octanol–water partition coefficient (Wildman–Crippen LogP) is 3.40. The summed E-state index contributed by atoms with van der Waals surface area (Å²) < 4.78 is 0. The molecule has 0 N–H and O–H groups in total. The summed E-state index contributed by atoms with van der Waals surface area (Å²) in [6.07, 6.45) is 12.6. The molecule has 0 aromatic rings. The molecule has 0 amide bonds. The van der Waals surface area contributed by atoms with Crippen LogP contribution >= 0.6 is 0 Å². The molecule has 0 aromatic carbocycles. The van der Waals surface area contributed by atoms with Gasteiger partial charge in [-0.25, -0.2) is 0 Å². The van der Waals surface area contributed by atoms with Gasteiger partial charge < -0.3 is 4.79 Å². The fourth-order valence-electron chi connectivity index (χ4n) is 3.72. The van der Waals surface area contributed by atoms with E-state index in [2.05, 4.69) is 11.8 Å². The molecule has 1 unspecified atom stereocenters. The van der Waals surface area contributed by atoms with E-state index < -0.39 is 0 Å². The minimum absolute atomic E-state index is 0.00569. The largest absolute Gasteiger partial charge is 0.303 e. The van der Waals surface area contributed by atoms with Gasteiger partial charge in [-0.05, 0) is 38.6 Å². The van der Waals surface area contributed by atoms with Crippen LogP contribution in [0.4, 0.5) is 0 Å². The summed E-state index contributed by atoms with van der Waals surface area (Å²) in [5, 5.41) is 0. The molecule has 0 aromatic heterocycles. The van der Waals surface area contributed by atoms with Crippen molar-refractivity contribution in [3.63, 3.8) is 0 Å². The van der Waals surface area contributed by atoms with Crippen molar-refractivity contribution in [2.75, 3.05) is 13.1 Å². The van der Waals surface area contributed by atoms with Gasteiger partial charge in [-0.2, -0.15) is 0 Å². The van der Waals surface area contributed by atoms with Gasteiger partial charge in [-0.3, -0.25) is 4.90 Å². The first-order valence-corrected chi connectivity index (χ1v) is 7.50. The van der Waals surface area contributed by atoms with E-state index in [4.69, 9.17) is 0 Å². The van der Waals surface area contributed by atoms with Crippen molar-refractivity contribution in [3.05, 3.63) is 0 Å². The van der Waals surface area contributed by atoms with Crippen molar-refractivity contribution in [2.24, 2.45) is 5.41 Å². The molecule has 2 heteroatoms. The summed E-state index contributed by atoms with van der Waals surface area (Å²) in [6, 6.07) is 0.745. The van der Waals surface area contributed by atoms with Crippen LogP contribution in [0.5, 0.6) is 0 Å². The molecule has 1 saturated carbocycles. The zero-order valence-corrected chi connectivity index (χ0v) is 11.3. The molecular formula is C15H27NO. The Bertz CT molecular complexity index is 243. The Labute approximate surface area is 106 Å². The van der Waals surface area contributed by atoms with E-state index in [1.54, 1.807) is 0 Å². The highest BCUT2D eigenvalue weighted by Gasteiger charge is 2.35. The van der Waals surface area contributed by atoms with Gasteiger partial charge in [-0.15, -0.1) is 0 Å². The minimum atomic E-state index is -0.00569. The molecule has 1 aliphatic heterocycles. The summed E-state index contributed by atoms with van der Waals surface area (Å²) >= 11 is 0. The number of carbonyl (C=O) groups excluding carboxylic acids is 1. The maximum Gasteiger partial charge on any atom is 0.127 e. The van der Waals surface area contributed by atoms with Gasteiger partial charge in [0.2, 0.25) is 0 Å². The van der Waals surface area contributed by atoms with Gasteiger partial charge in [0.05, 0.1) is 0 Å². The molecular weight excluding hydrogens is 210 g/mol. The Kier molecular flexibility index (Phi) is 4.61. The molecule has 2 rings (SSSR count). The highest BCUT2D eigenvalue weighted by Crippen LogP contribution is 2.36. The van der Waals surface area contributed by atoms with E-state index in [0.29, 0.717) is 0 Å². The summed E-state index contributed by atoms with van der Waals surface area (Å²) in [6.45, 7) is 4.53. The first kappa shape index (κ1) is 13.1. The molecule has 1 heterocycles. The molecule has 1 atom stereocenters.